The molecule has 19 heavy (non-hydrogen) atoms. The zero-order valence-electron chi connectivity index (χ0n) is 11.1. The highest BCUT2D eigenvalue weighted by molar-refractivity contribution is 9.10. The summed E-state index contributed by atoms with van der Waals surface area (Å²) >= 11 is 12.7. The molecule has 1 amide bonds. The minimum Gasteiger partial charge on any atom is -0.351 e. The zero-order chi connectivity index (χ0) is 14.5. The van der Waals surface area contributed by atoms with Gasteiger partial charge in [0.1, 0.15) is 0 Å². The number of carbonyl (C=O) groups is 1. The van der Waals surface area contributed by atoms with Crippen molar-refractivity contribution in [3.63, 3.8) is 0 Å². The van der Waals surface area contributed by atoms with Crippen LogP contribution < -0.4 is 5.32 Å². The van der Waals surface area contributed by atoms with Crippen molar-refractivity contribution >= 4 is 49.4 Å². The van der Waals surface area contributed by atoms with Crippen LogP contribution in [-0.2, 0) is 0 Å². The average Bonchev–Trinajstić information content (AvgIpc) is 2.34. The van der Waals surface area contributed by atoms with Crippen LogP contribution >= 0.6 is 43.5 Å². The highest BCUT2D eigenvalue weighted by atomic mass is 79.9. The molecule has 1 rings (SSSR count). The van der Waals surface area contributed by atoms with Gasteiger partial charge in [-0.1, -0.05) is 41.4 Å². The van der Waals surface area contributed by atoms with E-state index in [2.05, 4.69) is 51.0 Å². The van der Waals surface area contributed by atoms with Crippen LogP contribution in [-0.4, -0.2) is 17.8 Å². The molecule has 0 aromatic heterocycles. The van der Waals surface area contributed by atoms with Gasteiger partial charge in [-0.05, 0) is 52.4 Å². The molecule has 5 heteroatoms. The average molecular weight is 412 g/mol. The molecule has 0 saturated carbocycles. The standard InChI is InChI=1S/C14H18Br2ClNO/c1-14(2,6-3-7-15)9-18-13(19)11-5-4-10(17)8-12(11)16/h4-5,8H,3,6-7,9H2,1-2H3,(H,18,19). The number of hydrogen-bond acceptors (Lipinski definition) is 1. The van der Waals surface area contributed by atoms with Crippen molar-refractivity contribution < 1.29 is 4.79 Å². The molecule has 0 saturated heterocycles. The Morgan fingerprint density at radius 1 is 1.42 bits per heavy atom. The van der Waals surface area contributed by atoms with Crippen LogP contribution in [0, 0.1) is 5.41 Å². The fourth-order valence-corrected chi connectivity index (χ4v) is 2.87. The van der Waals surface area contributed by atoms with Crippen LogP contribution in [0.25, 0.3) is 0 Å². The molecule has 2 nitrogen and oxygen atoms in total. The van der Waals surface area contributed by atoms with Crippen molar-refractivity contribution in [3.05, 3.63) is 33.3 Å². The second-order valence-electron chi connectivity index (χ2n) is 5.26. The van der Waals surface area contributed by atoms with Gasteiger partial charge in [0.05, 0.1) is 5.56 Å². The Bertz CT molecular complexity index is 449. The van der Waals surface area contributed by atoms with Crippen molar-refractivity contribution in [3.8, 4) is 0 Å². The van der Waals surface area contributed by atoms with Gasteiger partial charge in [0.15, 0.2) is 0 Å². The Kier molecular flexibility index (Phi) is 6.84. The lowest BCUT2D eigenvalue weighted by Crippen LogP contribution is -2.34. The predicted molar refractivity (Wildman–Crippen MR) is 88.3 cm³/mol. The molecular weight excluding hydrogens is 393 g/mol. The number of benzene rings is 1. The van der Waals surface area contributed by atoms with E-state index in [-0.39, 0.29) is 11.3 Å². The zero-order valence-corrected chi connectivity index (χ0v) is 15.0. The van der Waals surface area contributed by atoms with Crippen LogP contribution in [0.5, 0.6) is 0 Å². The summed E-state index contributed by atoms with van der Waals surface area (Å²) in [4.78, 5) is 12.1. The molecule has 0 unspecified atom stereocenters. The monoisotopic (exact) mass is 409 g/mol. The summed E-state index contributed by atoms with van der Waals surface area (Å²) in [5.41, 5.74) is 0.711. The van der Waals surface area contributed by atoms with E-state index in [1.54, 1.807) is 18.2 Å². The molecule has 0 heterocycles. The van der Waals surface area contributed by atoms with E-state index in [1.165, 1.54) is 0 Å². The fraction of sp³-hybridized carbons (Fsp3) is 0.500. The van der Waals surface area contributed by atoms with Gasteiger partial charge in [0.2, 0.25) is 0 Å². The number of carbonyl (C=O) groups excluding carboxylic acids is 1. The molecular formula is C14H18Br2ClNO. The maximum atomic E-state index is 12.1. The quantitative estimate of drug-likeness (QED) is 0.654. The molecule has 0 atom stereocenters. The van der Waals surface area contributed by atoms with E-state index in [1.807, 2.05) is 0 Å². The van der Waals surface area contributed by atoms with Crippen LogP contribution in [0.3, 0.4) is 0 Å². The lowest BCUT2D eigenvalue weighted by molar-refractivity contribution is 0.0934. The summed E-state index contributed by atoms with van der Waals surface area (Å²) in [5, 5.41) is 4.59. The number of rotatable bonds is 6. The molecule has 0 fully saturated rings. The normalized spacial score (nSPS) is 11.4. The fourth-order valence-electron chi connectivity index (χ4n) is 1.72. The van der Waals surface area contributed by atoms with Crippen molar-refractivity contribution in [1.29, 1.82) is 0 Å². The van der Waals surface area contributed by atoms with Crippen molar-refractivity contribution in [1.82, 2.24) is 5.32 Å². The number of nitrogens with one attached hydrogen (secondary N) is 1. The molecule has 1 aromatic rings. The molecule has 1 aromatic carbocycles. The predicted octanol–water partition coefficient (Wildman–Crippen LogP) is 5.03. The van der Waals surface area contributed by atoms with Crippen molar-refractivity contribution in [2.45, 2.75) is 26.7 Å². The SMILES string of the molecule is CC(C)(CCCBr)CNC(=O)c1ccc(Cl)cc1Br. The Balaban J connectivity index is 2.60. The number of halogens is 3. The summed E-state index contributed by atoms with van der Waals surface area (Å²) in [6.45, 7) is 4.98. The molecule has 0 bridgehead atoms. The van der Waals surface area contributed by atoms with Crippen LogP contribution in [0.2, 0.25) is 5.02 Å². The maximum Gasteiger partial charge on any atom is 0.252 e. The van der Waals surface area contributed by atoms with Crippen LogP contribution in [0.1, 0.15) is 37.0 Å². The minimum absolute atomic E-state index is 0.0736. The Morgan fingerprint density at radius 3 is 2.68 bits per heavy atom. The topological polar surface area (TPSA) is 29.1 Å². The summed E-state index contributed by atoms with van der Waals surface area (Å²) in [5.74, 6) is -0.0736. The minimum atomic E-state index is -0.0736. The van der Waals surface area contributed by atoms with Gasteiger partial charge in [0.25, 0.3) is 5.91 Å². The largest absolute Gasteiger partial charge is 0.351 e. The van der Waals surface area contributed by atoms with Gasteiger partial charge in [-0.15, -0.1) is 0 Å². The second kappa shape index (κ2) is 7.65. The summed E-state index contributed by atoms with van der Waals surface area (Å²) < 4.78 is 0.718. The smallest absolute Gasteiger partial charge is 0.252 e. The lowest BCUT2D eigenvalue weighted by Gasteiger charge is -2.24. The molecule has 0 aliphatic rings. The van der Waals surface area contributed by atoms with Gasteiger partial charge in [-0.3, -0.25) is 4.79 Å². The van der Waals surface area contributed by atoms with E-state index in [9.17, 15) is 4.79 Å². The third-order valence-electron chi connectivity index (χ3n) is 2.89. The van der Waals surface area contributed by atoms with Crippen LogP contribution in [0.4, 0.5) is 0 Å². The second-order valence-corrected chi connectivity index (χ2v) is 7.35. The first kappa shape index (κ1) is 17.0. The van der Waals surface area contributed by atoms with Crippen molar-refractivity contribution in [2.75, 3.05) is 11.9 Å². The molecule has 0 aliphatic heterocycles. The van der Waals surface area contributed by atoms with E-state index >= 15 is 0 Å². The Hall–Kier alpha value is -0.0600. The van der Waals surface area contributed by atoms with Gasteiger partial charge in [-0.25, -0.2) is 0 Å². The van der Waals surface area contributed by atoms with Gasteiger partial charge in [0, 0.05) is 21.4 Å². The Morgan fingerprint density at radius 2 is 2.11 bits per heavy atom. The van der Waals surface area contributed by atoms with Crippen molar-refractivity contribution in [2.24, 2.45) is 5.41 Å². The summed E-state index contributed by atoms with van der Waals surface area (Å²) in [6.07, 6.45) is 2.17. The van der Waals surface area contributed by atoms with Gasteiger partial charge >= 0.3 is 0 Å². The first-order chi connectivity index (χ1) is 8.85. The lowest BCUT2D eigenvalue weighted by atomic mass is 9.88. The first-order valence-electron chi connectivity index (χ1n) is 6.15. The van der Waals surface area contributed by atoms with E-state index in [0.29, 0.717) is 17.1 Å². The molecule has 0 spiro atoms. The molecule has 1 N–H and O–H groups in total. The summed E-state index contributed by atoms with van der Waals surface area (Å²) in [6, 6.07) is 5.18. The van der Waals surface area contributed by atoms with Gasteiger partial charge < -0.3 is 5.32 Å². The van der Waals surface area contributed by atoms with E-state index in [0.717, 1.165) is 22.6 Å². The molecule has 0 aliphatic carbocycles. The number of hydrogen-bond donors (Lipinski definition) is 1. The van der Waals surface area contributed by atoms with Gasteiger partial charge in [-0.2, -0.15) is 0 Å². The Labute approximate surface area is 136 Å². The van der Waals surface area contributed by atoms with E-state index < -0.39 is 0 Å². The highest BCUT2D eigenvalue weighted by Crippen LogP contribution is 2.24. The third kappa shape index (κ3) is 5.84. The third-order valence-corrected chi connectivity index (χ3v) is 4.34. The molecule has 106 valence electrons. The first-order valence-corrected chi connectivity index (χ1v) is 8.44. The van der Waals surface area contributed by atoms with Crippen LogP contribution in [0.15, 0.2) is 22.7 Å². The highest BCUT2D eigenvalue weighted by Gasteiger charge is 2.19. The maximum absolute atomic E-state index is 12.1. The van der Waals surface area contributed by atoms with E-state index in [4.69, 9.17) is 11.6 Å². The number of alkyl halides is 1. The summed E-state index contributed by atoms with van der Waals surface area (Å²) in [7, 11) is 0. The molecule has 0 radical (unpaired) electrons. The number of amides is 1.